The summed E-state index contributed by atoms with van der Waals surface area (Å²) in [6, 6.07) is 6.61. The minimum atomic E-state index is -0.544. The smallest absolute Gasteiger partial charge is 0.243 e. The maximum atomic E-state index is 12.2. The third-order valence-electron chi connectivity index (χ3n) is 3.04. The predicted molar refractivity (Wildman–Crippen MR) is 80.5 cm³/mol. The van der Waals surface area contributed by atoms with Gasteiger partial charge in [-0.15, -0.1) is 0 Å². The number of halogens is 1. The van der Waals surface area contributed by atoms with Crippen molar-refractivity contribution in [2.24, 2.45) is 5.92 Å². The zero-order valence-corrected chi connectivity index (χ0v) is 13.0. The van der Waals surface area contributed by atoms with Crippen LogP contribution in [0.2, 0.25) is 5.02 Å². The van der Waals surface area contributed by atoms with Gasteiger partial charge in [0, 0.05) is 11.9 Å². The van der Waals surface area contributed by atoms with Crippen LogP contribution in [0, 0.1) is 5.92 Å². The van der Waals surface area contributed by atoms with Crippen molar-refractivity contribution in [2.45, 2.75) is 39.8 Å². The fourth-order valence-electron chi connectivity index (χ4n) is 1.96. The lowest BCUT2D eigenvalue weighted by atomic mass is 10.0. The lowest BCUT2D eigenvalue weighted by molar-refractivity contribution is -0.129. The van der Waals surface area contributed by atoms with E-state index in [0.29, 0.717) is 5.02 Å². The van der Waals surface area contributed by atoms with Crippen LogP contribution >= 0.6 is 11.6 Å². The number of hydrogen-bond acceptors (Lipinski definition) is 2. The summed E-state index contributed by atoms with van der Waals surface area (Å²) in [5.74, 6) is -0.413. The molecule has 0 radical (unpaired) electrons. The molecule has 0 heterocycles. The van der Waals surface area contributed by atoms with E-state index in [1.165, 1.54) is 6.92 Å². The number of nitrogens with one attached hydrogen (secondary N) is 2. The maximum Gasteiger partial charge on any atom is 0.243 e. The summed E-state index contributed by atoms with van der Waals surface area (Å²) in [6.45, 7) is 7.05. The molecular formula is C15H21ClN2O2. The van der Waals surface area contributed by atoms with Crippen molar-refractivity contribution in [1.29, 1.82) is 0 Å². The molecule has 0 aliphatic carbocycles. The Morgan fingerprint density at radius 2 is 1.70 bits per heavy atom. The van der Waals surface area contributed by atoms with E-state index in [1.807, 2.05) is 39.0 Å². The van der Waals surface area contributed by atoms with Crippen LogP contribution in [0.3, 0.4) is 0 Å². The fraction of sp³-hybridized carbons (Fsp3) is 0.467. The van der Waals surface area contributed by atoms with Gasteiger partial charge in [-0.05, 0) is 24.5 Å². The Hall–Kier alpha value is -1.55. The topological polar surface area (TPSA) is 58.2 Å². The minimum Gasteiger partial charge on any atom is -0.348 e. The summed E-state index contributed by atoms with van der Waals surface area (Å²) in [7, 11) is 0. The molecule has 0 aliphatic heterocycles. The first-order valence-electron chi connectivity index (χ1n) is 6.64. The van der Waals surface area contributed by atoms with Crippen molar-refractivity contribution >= 4 is 23.4 Å². The van der Waals surface area contributed by atoms with Gasteiger partial charge in [0.05, 0.1) is 6.04 Å². The lowest BCUT2D eigenvalue weighted by Crippen LogP contribution is -2.49. The summed E-state index contributed by atoms with van der Waals surface area (Å²) >= 11 is 6.11. The molecule has 20 heavy (non-hydrogen) atoms. The highest BCUT2D eigenvalue weighted by Gasteiger charge is 2.24. The molecule has 0 fully saturated rings. The molecule has 0 unspecified atom stereocenters. The van der Waals surface area contributed by atoms with Crippen LogP contribution in [-0.4, -0.2) is 17.9 Å². The van der Waals surface area contributed by atoms with Crippen molar-refractivity contribution in [3.8, 4) is 0 Å². The molecule has 0 saturated heterocycles. The number of carbonyl (C=O) groups excluding carboxylic acids is 2. The first-order valence-corrected chi connectivity index (χ1v) is 7.02. The zero-order chi connectivity index (χ0) is 15.3. The van der Waals surface area contributed by atoms with Gasteiger partial charge in [-0.2, -0.15) is 0 Å². The van der Waals surface area contributed by atoms with Gasteiger partial charge in [0.2, 0.25) is 11.8 Å². The van der Waals surface area contributed by atoms with Gasteiger partial charge in [-0.3, -0.25) is 9.59 Å². The van der Waals surface area contributed by atoms with E-state index in [-0.39, 0.29) is 23.8 Å². The van der Waals surface area contributed by atoms with Crippen LogP contribution in [0.4, 0.5) is 0 Å². The second-order valence-corrected chi connectivity index (χ2v) is 5.58. The van der Waals surface area contributed by atoms with E-state index in [0.717, 1.165) is 5.56 Å². The molecule has 0 spiro atoms. The predicted octanol–water partition coefficient (Wildman–Crippen LogP) is 2.68. The second kappa shape index (κ2) is 7.29. The van der Waals surface area contributed by atoms with Crippen LogP contribution in [0.5, 0.6) is 0 Å². The Kier molecular flexibility index (Phi) is 6.02. The van der Waals surface area contributed by atoms with Gasteiger partial charge in [-0.1, -0.05) is 43.6 Å². The van der Waals surface area contributed by atoms with Crippen LogP contribution in [0.25, 0.3) is 0 Å². The van der Waals surface area contributed by atoms with Gasteiger partial charge in [0.25, 0.3) is 0 Å². The summed E-state index contributed by atoms with van der Waals surface area (Å²) in [4.78, 5) is 23.4. The zero-order valence-electron chi connectivity index (χ0n) is 12.2. The average Bonchev–Trinajstić information content (AvgIpc) is 2.35. The van der Waals surface area contributed by atoms with E-state index in [2.05, 4.69) is 10.6 Å². The molecule has 0 saturated carbocycles. The molecule has 0 aliphatic rings. The summed E-state index contributed by atoms with van der Waals surface area (Å²) in [5, 5.41) is 6.16. The Morgan fingerprint density at radius 1 is 1.10 bits per heavy atom. The summed E-state index contributed by atoms with van der Waals surface area (Å²) in [6.07, 6.45) is 0. The van der Waals surface area contributed by atoms with E-state index in [4.69, 9.17) is 11.6 Å². The monoisotopic (exact) mass is 296 g/mol. The summed E-state index contributed by atoms with van der Waals surface area (Å²) < 4.78 is 0. The van der Waals surface area contributed by atoms with E-state index >= 15 is 0 Å². The van der Waals surface area contributed by atoms with E-state index < -0.39 is 6.04 Å². The van der Waals surface area contributed by atoms with Crippen LogP contribution in [-0.2, 0) is 9.59 Å². The Labute approximate surface area is 124 Å². The fourth-order valence-corrected chi connectivity index (χ4v) is 2.26. The van der Waals surface area contributed by atoms with E-state index in [1.54, 1.807) is 6.07 Å². The molecule has 1 aromatic carbocycles. The molecule has 2 atom stereocenters. The highest BCUT2D eigenvalue weighted by Crippen LogP contribution is 2.22. The number of amides is 2. The molecule has 1 rings (SSSR count). The third-order valence-corrected chi connectivity index (χ3v) is 3.38. The third kappa shape index (κ3) is 4.53. The molecular weight excluding hydrogens is 276 g/mol. The van der Waals surface area contributed by atoms with Gasteiger partial charge in [0.1, 0.15) is 6.04 Å². The number of hydrogen-bond donors (Lipinski definition) is 2. The Morgan fingerprint density at radius 3 is 2.20 bits per heavy atom. The maximum absolute atomic E-state index is 12.2. The van der Waals surface area contributed by atoms with Gasteiger partial charge < -0.3 is 10.6 Å². The van der Waals surface area contributed by atoms with Gasteiger partial charge >= 0.3 is 0 Å². The lowest BCUT2D eigenvalue weighted by Gasteiger charge is -2.24. The van der Waals surface area contributed by atoms with Crippen molar-refractivity contribution in [2.75, 3.05) is 0 Å². The van der Waals surface area contributed by atoms with Crippen molar-refractivity contribution in [3.63, 3.8) is 0 Å². The molecule has 2 N–H and O–H groups in total. The second-order valence-electron chi connectivity index (χ2n) is 5.17. The largest absolute Gasteiger partial charge is 0.348 e. The normalized spacial score (nSPS) is 13.7. The molecule has 5 heteroatoms. The molecule has 110 valence electrons. The minimum absolute atomic E-state index is 0.0114. The quantitative estimate of drug-likeness (QED) is 0.877. The highest BCUT2D eigenvalue weighted by atomic mass is 35.5. The number of benzene rings is 1. The van der Waals surface area contributed by atoms with Crippen LogP contribution in [0.1, 0.15) is 39.3 Å². The molecule has 4 nitrogen and oxygen atoms in total. The first kappa shape index (κ1) is 16.5. The SMILES string of the molecule is CC(=O)N[C@@H](C(=O)N[C@@H](C)c1ccccc1Cl)C(C)C. The number of rotatable bonds is 5. The van der Waals surface area contributed by atoms with Gasteiger partial charge in [-0.25, -0.2) is 0 Å². The van der Waals surface area contributed by atoms with Crippen molar-refractivity contribution in [1.82, 2.24) is 10.6 Å². The highest BCUT2D eigenvalue weighted by molar-refractivity contribution is 6.31. The van der Waals surface area contributed by atoms with Crippen LogP contribution in [0.15, 0.2) is 24.3 Å². The van der Waals surface area contributed by atoms with Gasteiger partial charge in [0.15, 0.2) is 0 Å². The van der Waals surface area contributed by atoms with Crippen molar-refractivity contribution < 1.29 is 9.59 Å². The number of carbonyl (C=O) groups is 2. The molecule has 0 aromatic heterocycles. The molecule has 0 bridgehead atoms. The standard InChI is InChI=1S/C15H21ClN2O2/c1-9(2)14(18-11(4)19)15(20)17-10(3)12-7-5-6-8-13(12)16/h5-10,14H,1-4H3,(H,17,20)(H,18,19)/t10-,14+/m0/s1. The van der Waals surface area contributed by atoms with Crippen molar-refractivity contribution in [3.05, 3.63) is 34.9 Å². The summed E-state index contributed by atoms with van der Waals surface area (Å²) in [5.41, 5.74) is 0.854. The Bertz CT molecular complexity index is 489. The van der Waals surface area contributed by atoms with Crippen LogP contribution < -0.4 is 10.6 Å². The average molecular weight is 297 g/mol. The molecule has 2 amide bonds. The Balaban J connectivity index is 2.78. The van der Waals surface area contributed by atoms with E-state index in [9.17, 15) is 9.59 Å². The first-order chi connectivity index (χ1) is 9.32. The molecule has 1 aromatic rings.